The van der Waals surface area contributed by atoms with Crippen LogP contribution in [0, 0.1) is 20.8 Å². The van der Waals surface area contributed by atoms with E-state index in [-0.39, 0.29) is 5.91 Å². The van der Waals surface area contributed by atoms with Crippen LogP contribution in [-0.4, -0.2) is 15.9 Å². The lowest BCUT2D eigenvalue weighted by molar-refractivity contribution is 0.102. The third-order valence-corrected chi connectivity index (χ3v) is 4.33. The average Bonchev–Trinajstić information content (AvgIpc) is 2.63. The zero-order valence-corrected chi connectivity index (χ0v) is 16.3. The lowest BCUT2D eigenvalue weighted by Gasteiger charge is -2.11. The Labute approximate surface area is 163 Å². The number of amides is 1. The second kappa shape index (κ2) is 8.18. The van der Waals surface area contributed by atoms with E-state index in [1.165, 1.54) is 0 Å². The van der Waals surface area contributed by atoms with Gasteiger partial charge in [0.25, 0.3) is 5.91 Å². The highest BCUT2D eigenvalue weighted by atomic mass is 35.5. The fourth-order valence-electron chi connectivity index (χ4n) is 2.69. The molecule has 0 bridgehead atoms. The van der Waals surface area contributed by atoms with Gasteiger partial charge in [0.2, 0.25) is 5.95 Å². The van der Waals surface area contributed by atoms with E-state index in [0.29, 0.717) is 23.2 Å². The molecule has 3 aromatic rings. The number of nitrogens with one attached hydrogen (secondary N) is 2. The summed E-state index contributed by atoms with van der Waals surface area (Å²) < 4.78 is 0. The molecule has 0 fully saturated rings. The minimum Gasteiger partial charge on any atom is -0.350 e. The lowest BCUT2D eigenvalue weighted by Crippen LogP contribution is -2.16. The van der Waals surface area contributed by atoms with Crippen LogP contribution in [0.15, 0.2) is 48.5 Å². The van der Waals surface area contributed by atoms with Gasteiger partial charge in [0.05, 0.1) is 0 Å². The summed E-state index contributed by atoms with van der Waals surface area (Å²) in [5.41, 5.74) is 5.02. The van der Waals surface area contributed by atoms with Crippen LogP contribution in [0.3, 0.4) is 0 Å². The minimum absolute atomic E-state index is 0.262. The summed E-state index contributed by atoms with van der Waals surface area (Å²) in [6.07, 6.45) is 0. The summed E-state index contributed by atoms with van der Waals surface area (Å²) in [6.45, 7) is 6.36. The Morgan fingerprint density at radius 3 is 2.44 bits per heavy atom. The van der Waals surface area contributed by atoms with Gasteiger partial charge in [-0.25, -0.2) is 9.97 Å². The molecular formula is C21H21ClN4O. The third-order valence-electron chi connectivity index (χ3n) is 4.08. The Bertz CT molecular complexity index is 970. The number of carbonyl (C=O) groups is 1. The fourth-order valence-corrected chi connectivity index (χ4v) is 2.81. The van der Waals surface area contributed by atoms with Gasteiger partial charge in [-0.15, -0.1) is 0 Å². The van der Waals surface area contributed by atoms with Gasteiger partial charge < -0.3 is 10.6 Å². The zero-order valence-electron chi connectivity index (χ0n) is 15.5. The predicted molar refractivity (Wildman–Crippen MR) is 109 cm³/mol. The largest absolute Gasteiger partial charge is 0.350 e. The van der Waals surface area contributed by atoms with E-state index in [0.717, 1.165) is 28.1 Å². The SMILES string of the molecule is Cc1ccc(NC(=O)c2cc(C)nc(NCc3ccc(Cl)cc3)n2)c(C)c1. The molecule has 2 N–H and O–H groups in total. The first kappa shape index (κ1) is 18.9. The van der Waals surface area contributed by atoms with E-state index in [9.17, 15) is 4.79 Å². The molecule has 1 aromatic heterocycles. The number of halogens is 1. The number of carbonyl (C=O) groups excluding carboxylic acids is 1. The Balaban J connectivity index is 1.73. The molecule has 27 heavy (non-hydrogen) atoms. The maximum Gasteiger partial charge on any atom is 0.274 e. The van der Waals surface area contributed by atoms with Crippen LogP contribution in [0.4, 0.5) is 11.6 Å². The van der Waals surface area contributed by atoms with Gasteiger partial charge in [0.15, 0.2) is 0 Å². The number of hydrogen-bond acceptors (Lipinski definition) is 4. The second-order valence-electron chi connectivity index (χ2n) is 6.47. The maximum atomic E-state index is 12.6. The summed E-state index contributed by atoms with van der Waals surface area (Å²) in [4.78, 5) is 21.3. The van der Waals surface area contributed by atoms with Crippen LogP contribution >= 0.6 is 11.6 Å². The molecule has 0 aliphatic heterocycles. The molecule has 6 heteroatoms. The monoisotopic (exact) mass is 380 g/mol. The molecule has 1 amide bonds. The van der Waals surface area contributed by atoms with Crippen LogP contribution in [0.1, 0.15) is 32.9 Å². The van der Waals surface area contributed by atoms with Gasteiger partial charge in [0.1, 0.15) is 5.69 Å². The van der Waals surface area contributed by atoms with Crippen molar-refractivity contribution < 1.29 is 4.79 Å². The van der Waals surface area contributed by atoms with E-state index >= 15 is 0 Å². The summed E-state index contributed by atoms with van der Waals surface area (Å²) >= 11 is 5.90. The Morgan fingerprint density at radius 2 is 1.74 bits per heavy atom. The van der Waals surface area contributed by atoms with Gasteiger partial charge in [-0.05, 0) is 56.2 Å². The van der Waals surface area contributed by atoms with Gasteiger partial charge in [0, 0.05) is 22.9 Å². The van der Waals surface area contributed by atoms with Crippen LogP contribution in [0.25, 0.3) is 0 Å². The van der Waals surface area contributed by atoms with Crippen molar-refractivity contribution >= 4 is 29.1 Å². The Hall–Kier alpha value is -2.92. The number of anilines is 2. The van der Waals surface area contributed by atoms with Crippen molar-refractivity contribution in [3.05, 3.63) is 81.6 Å². The first-order chi connectivity index (χ1) is 12.9. The number of hydrogen-bond donors (Lipinski definition) is 2. The first-order valence-electron chi connectivity index (χ1n) is 8.63. The molecule has 2 aromatic carbocycles. The molecule has 0 spiro atoms. The molecule has 0 unspecified atom stereocenters. The maximum absolute atomic E-state index is 12.6. The highest BCUT2D eigenvalue weighted by Gasteiger charge is 2.12. The van der Waals surface area contributed by atoms with Gasteiger partial charge in [-0.1, -0.05) is 41.4 Å². The Kier molecular flexibility index (Phi) is 5.72. The average molecular weight is 381 g/mol. The molecular weight excluding hydrogens is 360 g/mol. The van der Waals surface area contributed by atoms with E-state index in [1.54, 1.807) is 6.07 Å². The van der Waals surface area contributed by atoms with Crippen LogP contribution in [0.2, 0.25) is 5.02 Å². The third kappa shape index (κ3) is 5.05. The lowest BCUT2D eigenvalue weighted by atomic mass is 10.1. The van der Waals surface area contributed by atoms with Crippen molar-refractivity contribution in [2.45, 2.75) is 27.3 Å². The first-order valence-corrected chi connectivity index (χ1v) is 9.01. The van der Waals surface area contributed by atoms with Gasteiger partial charge in [-0.3, -0.25) is 4.79 Å². The van der Waals surface area contributed by atoms with Crippen LogP contribution in [-0.2, 0) is 6.54 Å². The predicted octanol–water partition coefficient (Wildman–Crippen LogP) is 4.92. The van der Waals surface area contributed by atoms with Crippen molar-refractivity contribution in [3.8, 4) is 0 Å². The molecule has 0 radical (unpaired) electrons. The number of aryl methyl sites for hydroxylation is 3. The summed E-state index contributed by atoms with van der Waals surface area (Å²) in [7, 11) is 0. The molecule has 0 saturated carbocycles. The van der Waals surface area contributed by atoms with Crippen molar-refractivity contribution in [3.63, 3.8) is 0 Å². The summed E-state index contributed by atoms with van der Waals surface area (Å²) in [6, 6.07) is 15.1. The van der Waals surface area contributed by atoms with Crippen LogP contribution in [0.5, 0.6) is 0 Å². The molecule has 0 aliphatic rings. The number of rotatable bonds is 5. The molecule has 1 heterocycles. The molecule has 0 saturated heterocycles. The van der Waals surface area contributed by atoms with E-state index in [1.807, 2.05) is 63.2 Å². The van der Waals surface area contributed by atoms with Crippen molar-refractivity contribution in [1.29, 1.82) is 0 Å². The molecule has 5 nitrogen and oxygen atoms in total. The normalized spacial score (nSPS) is 10.5. The Morgan fingerprint density at radius 1 is 1.00 bits per heavy atom. The number of aromatic nitrogens is 2. The van der Waals surface area contributed by atoms with Gasteiger partial charge >= 0.3 is 0 Å². The summed E-state index contributed by atoms with van der Waals surface area (Å²) in [5, 5.41) is 6.76. The zero-order chi connectivity index (χ0) is 19.4. The number of benzene rings is 2. The van der Waals surface area contributed by atoms with Crippen molar-refractivity contribution in [1.82, 2.24) is 9.97 Å². The summed E-state index contributed by atoms with van der Waals surface area (Å²) in [5.74, 6) is 0.151. The minimum atomic E-state index is -0.262. The number of nitrogens with zero attached hydrogens (tertiary/aromatic N) is 2. The van der Waals surface area contributed by atoms with Crippen molar-refractivity contribution in [2.75, 3.05) is 10.6 Å². The highest BCUT2D eigenvalue weighted by Crippen LogP contribution is 2.17. The molecule has 3 rings (SSSR count). The van der Waals surface area contributed by atoms with E-state index in [2.05, 4.69) is 20.6 Å². The fraction of sp³-hybridized carbons (Fsp3) is 0.190. The van der Waals surface area contributed by atoms with E-state index < -0.39 is 0 Å². The second-order valence-corrected chi connectivity index (χ2v) is 6.91. The van der Waals surface area contributed by atoms with E-state index in [4.69, 9.17) is 11.6 Å². The molecule has 0 atom stereocenters. The quantitative estimate of drug-likeness (QED) is 0.659. The standard InChI is InChI=1S/C21H21ClN4O/c1-13-4-9-18(14(2)10-13)25-20(27)19-11-15(3)24-21(26-19)23-12-16-5-7-17(22)8-6-16/h4-11H,12H2,1-3H3,(H,25,27)(H,23,24,26). The molecule has 0 aliphatic carbocycles. The topological polar surface area (TPSA) is 66.9 Å². The van der Waals surface area contributed by atoms with Gasteiger partial charge in [-0.2, -0.15) is 0 Å². The smallest absolute Gasteiger partial charge is 0.274 e. The van der Waals surface area contributed by atoms with Crippen LogP contribution < -0.4 is 10.6 Å². The highest BCUT2D eigenvalue weighted by molar-refractivity contribution is 6.30. The molecule has 138 valence electrons. The van der Waals surface area contributed by atoms with Crippen molar-refractivity contribution in [2.24, 2.45) is 0 Å².